The average Bonchev–Trinajstić information content (AvgIpc) is 2.27. The lowest BCUT2D eigenvalue weighted by Gasteiger charge is -2.01. The second-order valence-corrected chi connectivity index (χ2v) is 3.48. The number of rotatable bonds is 2. The second-order valence-electron chi connectivity index (χ2n) is 3.21. The van der Waals surface area contributed by atoms with E-state index in [1.807, 2.05) is 12.1 Å². The minimum absolute atomic E-state index is 0.382. The Morgan fingerprint density at radius 1 is 1.33 bits per heavy atom. The van der Waals surface area contributed by atoms with Crippen LogP contribution in [0.5, 0.6) is 0 Å². The first-order chi connectivity index (χ1) is 7.20. The van der Waals surface area contributed by atoms with Gasteiger partial charge in [-0.25, -0.2) is 0 Å². The molecule has 2 N–H and O–H groups in total. The summed E-state index contributed by atoms with van der Waals surface area (Å²) in [5.74, 6) is -0.0497. The lowest BCUT2D eigenvalue weighted by atomic mass is 10.1. The molecule has 0 saturated carbocycles. The molecule has 0 radical (unpaired) electrons. The molecule has 0 atom stereocenters. The van der Waals surface area contributed by atoms with Crippen LogP contribution in [0.3, 0.4) is 0 Å². The minimum atomic E-state index is -0.432. The van der Waals surface area contributed by atoms with E-state index in [9.17, 15) is 4.79 Å². The van der Waals surface area contributed by atoms with Crippen molar-refractivity contribution in [1.29, 1.82) is 0 Å². The molecule has 1 amide bonds. The van der Waals surface area contributed by atoms with Crippen molar-refractivity contribution in [1.82, 2.24) is 4.98 Å². The summed E-state index contributed by atoms with van der Waals surface area (Å²) in [6.07, 6.45) is 0. The van der Waals surface area contributed by atoms with Crippen LogP contribution in [-0.2, 0) is 5.88 Å². The topological polar surface area (TPSA) is 56.0 Å². The summed E-state index contributed by atoms with van der Waals surface area (Å²) in [6, 6.07) is 8.87. The molecule has 0 unspecified atom stereocenters. The second kappa shape index (κ2) is 3.87. The lowest BCUT2D eigenvalue weighted by molar-refractivity contribution is 0.100. The smallest absolute Gasteiger partial charge is 0.248 e. The van der Waals surface area contributed by atoms with Crippen LogP contribution < -0.4 is 5.73 Å². The van der Waals surface area contributed by atoms with E-state index in [2.05, 4.69) is 4.98 Å². The Bertz CT molecular complexity index is 525. The third kappa shape index (κ3) is 1.92. The standard InChI is InChI=1S/C11H9ClN2O/c12-6-9-3-1-7-5-8(11(13)15)2-4-10(7)14-9/h1-5H,6H2,(H2,13,15). The van der Waals surface area contributed by atoms with Gasteiger partial charge in [-0.15, -0.1) is 11.6 Å². The van der Waals surface area contributed by atoms with E-state index in [-0.39, 0.29) is 0 Å². The van der Waals surface area contributed by atoms with E-state index in [0.717, 1.165) is 16.6 Å². The van der Waals surface area contributed by atoms with Crippen molar-refractivity contribution in [3.05, 3.63) is 41.6 Å². The maximum Gasteiger partial charge on any atom is 0.248 e. The van der Waals surface area contributed by atoms with Crippen LogP contribution in [0, 0.1) is 0 Å². The first-order valence-electron chi connectivity index (χ1n) is 4.46. The summed E-state index contributed by atoms with van der Waals surface area (Å²) in [5.41, 5.74) is 7.30. The number of amides is 1. The van der Waals surface area contributed by atoms with Gasteiger partial charge in [0.1, 0.15) is 0 Å². The van der Waals surface area contributed by atoms with Crippen LogP contribution in [0.2, 0.25) is 0 Å². The zero-order valence-corrected chi connectivity index (χ0v) is 8.66. The molecule has 76 valence electrons. The van der Waals surface area contributed by atoms with Gasteiger partial charge in [0.05, 0.1) is 17.1 Å². The normalized spacial score (nSPS) is 10.5. The molecule has 1 aromatic carbocycles. The molecular weight excluding hydrogens is 212 g/mol. The predicted octanol–water partition coefficient (Wildman–Crippen LogP) is 2.07. The molecule has 1 aromatic heterocycles. The fraction of sp³-hybridized carbons (Fsp3) is 0.0909. The maximum absolute atomic E-state index is 10.9. The SMILES string of the molecule is NC(=O)c1ccc2nc(CCl)ccc2c1. The fourth-order valence-electron chi connectivity index (χ4n) is 1.40. The molecule has 0 bridgehead atoms. The van der Waals surface area contributed by atoms with E-state index in [0.29, 0.717) is 11.4 Å². The maximum atomic E-state index is 10.9. The monoisotopic (exact) mass is 220 g/mol. The van der Waals surface area contributed by atoms with Gasteiger partial charge in [0.25, 0.3) is 0 Å². The quantitative estimate of drug-likeness (QED) is 0.788. The van der Waals surface area contributed by atoms with Gasteiger partial charge in [-0.1, -0.05) is 6.07 Å². The number of aromatic nitrogens is 1. The summed E-state index contributed by atoms with van der Waals surface area (Å²) >= 11 is 5.67. The molecule has 0 saturated heterocycles. The number of nitrogens with zero attached hydrogens (tertiary/aromatic N) is 1. The number of carbonyl (C=O) groups excluding carboxylic acids is 1. The summed E-state index contributed by atoms with van der Waals surface area (Å²) in [4.78, 5) is 15.3. The van der Waals surface area contributed by atoms with Gasteiger partial charge in [-0.2, -0.15) is 0 Å². The van der Waals surface area contributed by atoms with Gasteiger partial charge in [0, 0.05) is 10.9 Å². The first kappa shape index (κ1) is 9.93. The third-order valence-electron chi connectivity index (χ3n) is 2.17. The third-order valence-corrected chi connectivity index (χ3v) is 2.44. The van der Waals surface area contributed by atoms with Crippen molar-refractivity contribution in [2.75, 3.05) is 0 Å². The molecule has 0 fully saturated rings. The number of benzene rings is 1. The predicted molar refractivity (Wildman–Crippen MR) is 59.8 cm³/mol. The average molecular weight is 221 g/mol. The fourth-order valence-corrected chi connectivity index (χ4v) is 1.54. The Morgan fingerprint density at radius 2 is 2.13 bits per heavy atom. The van der Waals surface area contributed by atoms with Crippen LogP contribution in [0.1, 0.15) is 16.1 Å². The van der Waals surface area contributed by atoms with Crippen molar-refractivity contribution < 1.29 is 4.79 Å². The zero-order valence-electron chi connectivity index (χ0n) is 7.90. The Kier molecular flexibility index (Phi) is 2.56. The number of hydrogen-bond acceptors (Lipinski definition) is 2. The number of primary amides is 1. The van der Waals surface area contributed by atoms with Crippen molar-refractivity contribution in [3.8, 4) is 0 Å². The number of nitrogens with two attached hydrogens (primary N) is 1. The summed E-state index contributed by atoms with van der Waals surface area (Å²) < 4.78 is 0. The highest BCUT2D eigenvalue weighted by atomic mass is 35.5. The van der Waals surface area contributed by atoms with Crippen LogP contribution in [0.15, 0.2) is 30.3 Å². The number of hydrogen-bond donors (Lipinski definition) is 1. The first-order valence-corrected chi connectivity index (χ1v) is 4.99. The molecule has 2 aromatic rings. The Hall–Kier alpha value is -1.61. The number of pyridine rings is 1. The van der Waals surface area contributed by atoms with Gasteiger partial charge < -0.3 is 5.73 Å². The molecule has 3 nitrogen and oxygen atoms in total. The van der Waals surface area contributed by atoms with Gasteiger partial charge in [0.2, 0.25) is 5.91 Å². The van der Waals surface area contributed by atoms with Crippen LogP contribution in [0.25, 0.3) is 10.9 Å². The highest BCUT2D eigenvalue weighted by Gasteiger charge is 2.02. The van der Waals surface area contributed by atoms with Crippen LogP contribution in [0.4, 0.5) is 0 Å². The van der Waals surface area contributed by atoms with Gasteiger partial charge in [0.15, 0.2) is 0 Å². The molecule has 4 heteroatoms. The van der Waals surface area contributed by atoms with Crippen LogP contribution in [-0.4, -0.2) is 10.9 Å². The molecule has 0 aliphatic rings. The molecule has 0 spiro atoms. The van der Waals surface area contributed by atoms with Crippen molar-refractivity contribution in [3.63, 3.8) is 0 Å². The van der Waals surface area contributed by atoms with Crippen molar-refractivity contribution in [2.45, 2.75) is 5.88 Å². The van der Waals surface area contributed by atoms with E-state index in [1.54, 1.807) is 18.2 Å². The summed E-state index contributed by atoms with van der Waals surface area (Å²) in [6.45, 7) is 0. The number of fused-ring (bicyclic) bond motifs is 1. The van der Waals surface area contributed by atoms with Gasteiger partial charge in [-0.05, 0) is 24.3 Å². The molecule has 15 heavy (non-hydrogen) atoms. The Labute approximate surface area is 91.9 Å². The van der Waals surface area contributed by atoms with E-state index in [1.165, 1.54) is 0 Å². The summed E-state index contributed by atoms with van der Waals surface area (Å²) in [5, 5.41) is 0.889. The summed E-state index contributed by atoms with van der Waals surface area (Å²) in [7, 11) is 0. The highest BCUT2D eigenvalue weighted by Crippen LogP contribution is 2.15. The van der Waals surface area contributed by atoms with E-state index in [4.69, 9.17) is 17.3 Å². The van der Waals surface area contributed by atoms with Gasteiger partial charge >= 0.3 is 0 Å². The van der Waals surface area contributed by atoms with Crippen LogP contribution >= 0.6 is 11.6 Å². The molecule has 1 heterocycles. The molecule has 0 aliphatic carbocycles. The molecule has 2 rings (SSSR count). The number of carbonyl (C=O) groups is 1. The highest BCUT2D eigenvalue weighted by molar-refractivity contribution is 6.17. The minimum Gasteiger partial charge on any atom is -0.366 e. The largest absolute Gasteiger partial charge is 0.366 e. The van der Waals surface area contributed by atoms with E-state index < -0.39 is 5.91 Å². The number of halogens is 1. The lowest BCUT2D eigenvalue weighted by Crippen LogP contribution is -2.10. The number of alkyl halides is 1. The zero-order chi connectivity index (χ0) is 10.8. The van der Waals surface area contributed by atoms with Crippen molar-refractivity contribution >= 4 is 28.4 Å². The molecular formula is C11H9ClN2O. The Morgan fingerprint density at radius 3 is 2.80 bits per heavy atom. The van der Waals surface area contributed by atoms with Crippen molar-refractivity contribution in [2.24, 2.45) is 5.73 Å². The Balaban J connectivity index is 2.59. The van der Waals surface area contributed by atoms with Gasteiger partial charge in [-0.3, -0.25) is 9.78 Å². The van der Waals surface area contributed by atoms with E-state index >= 15 is 0 Å². The molecule has 0 aliphatic heterocycles.